The van der Waals surface area contributed by atoms with Gasteiger partial charge in [0, 0.05) is 35.0 Å². The Hall–Kier alpha value is -1.46. The van der Waals surface area contributed by atoms with E-state index in [0.717, 1.165) is 23.1 Å². The standard InChI is InChI=1S/C14H16N2O2S/c17-13(16-8-14(18)5-7-19-9-14)11-2-1-3-12-10(11)4-6-15-12/h1-4,6,15,18H,5,7-9H2,(H,16,17). The van der Waals surface area contributed by atoms with Crippen LogP contribution in [0.5, 0.6) is 0 Å². The lowest BCUT2D eigenvalue weighted by Gasteiger charge is -2.21. The number of amides is 1. The molecule has 1 saturated heterocycles. The highest BCUT2D eigenvalue weighted by Gasteiger charge is 2.32. The van der Waals surface area contributed by atoms with Gasteiger partial charge in [-0.15, -0.1) is 0 Å². The molecule has 4 nitrogen and oxygen atoms in total. The van der Waals surface area contributed by atoms with Crippen molar-refractivity contribution in [2.75, 3.05) is 18.1 Å². The van der Waals surface area contributed by atoms with Crippen molar-refractivity contribution in [1.29, 1.82) is 0 Å². The van der Waals surface area contributed by atoms with Gasteiger partial charge in [0.05, 0.1) is 5.60 Å². The van der Waals surface area contributed by atoms with Gasteiger partial charge in [-0.2, -0.15) is 11.8 Å². The van der Waals surface area contributed by atoms with E-state index in [9.17, 15) is 9.90 Å². The summed E-state index contributed by atoms with van der Waals surface area (Å²) in [7, 11) is 0. The van der Waals surface area contributed by atoms with E-state index in [-0.39, 0.29) is 5.91 Å². The fourth-order valence-electron chi connectivity index (χ4n) is 2.36. The summed E-state index contributed by atoms with van der Waals surface area (Å²) in [6.45, 7) is 0.319. The third kappa shape index (κ3) is 2.48. The second kappa shape index (κ2) is 4.90. The van der Waals surface area contributed by atoms with Crippen molar-refractivity contribution in [1.82, 2.24) is 10.3 Å². The number of fused-ring (bicyclic) bond motifs is 1. The zero-order valence-corrected chi connectivity index (χ0v) is 11.3. The molecule has 1 aromatic heterocycles. The van der Waals surface area contributed by atoms with Crippen LogP contribution in [0.4, 0.5) is 0 Å². The monoisotopic (exact) mass is 276 g/mol. The van der Waals surface area contributed by atoms with E-state index in [1.165, 1.54) is 0 Å². The molecule has 1 atom stereocenters. The molecule has 1 aliphatic rings. The van der Waals surface area contributed by atoms with Crippen LogP contribution in [0.15, 0.2) is 30.5 Å². The van der Waals surface area contributed by atoms with Crippen LogP contribution in [0.25, 0.3) is 10.9 Å². The number of hydrogen-bond donors (Lipinski definition) is 3. The van der Waals surface area contributed by atoms with Crippen LogP contribution in [-0.4, -0.2) is 39.6 Å². The van der Waals surface area contributed by atoms with Crippen LogP contribution in [0, 0.1) is 0 Å². The Balaban J connectivity index is 1.75. The number of carbonyl (C=O) groups is 1. The van der Waals surface area contributed by atoms with Gasteiger partial charge in [-0.1, -0.05) is 6.07 Å². The van der Waals surface area contributed by atoms with Crippen LogP contribution >= 0.6 is 11.8 Å². The van der Waals surface area contributed by atoms with Crippen molar-refractivity contribution in [2.24, 2.45) is 0 Å². The fraction of sp³-hybridized carbons (Fsp3) is 0.357. The van der Waals surface area contributed by atoms with Gasteiger partial charge < -0.3 is 15.4 Å². The van der Waals surface area contributed by atoms with Crippen LogP contribution < -0.4 is 5.32 Å². The summed E-state index contributed by atoms with van der Waals surface area (Å²) in [5.74, 6) is 1.53. The number of H-pyrrole nitrogens is 1. The van der Waals surface area contributed by atoms with Crippen molar-refractivity contribution in [3.05, 3.63) is 36.0 Å². The number of benzene rings is 1. The summed E-state index contributed by atoms with van der Waals surface area (Å²) in [6.07, 6.45) is 2.56. The Morgan fingerprint density at radius 2 is 2.37 bits per heavy atom. The minimum absolute atomic E-state index is 0.129. The predicted octanol–water partition coefficient (Wildman–Crippen LogP) is 1.77. The molecule has 100 valence electrons. The summed E-state index contributed by atoms with van der Waals surface area (Å²) in [6, 6.07) is 7.49. The number of aliphatic hydroxyl groups is 1. The summed E-state index contributed by atoms with van der Waals surface area (Å²) >= 11 is 1.73. The van der Waals surface area contributed by atoms with Gasteiger partial charge in [-0.25, -0.2) is 0 Å². The molecule has 1 aliphatic heterocycles. The first-order valence-electron chi connectivity index (χ1n) is 6.32. The Bertz CT molecular complexity index is 602. The van der Waals surface area contributed by atoms with Crippen molar-refractivity contribution in [2.45, 2.75) is 12.0 Å². The maximum atomic E-state index is 12.2. The zero-order chi connectivity index (χ0) is 13.3. The van der Waals surface area contributed by atoms with E-state index in [1.54, 1.807) is 17.8 Å². The topological polar surface area (TPSA) is 65.1 Å². The molecule has 3 N–H and O–H groups in total. The van der Waals surface area contributed by atoms with Gasteiger partial charge in [0.25, 0.3) is 5.91 Å². The quantitative estimate of drug-likeness (QED) is 0.800. The molecule has 1 aromatic carbocycles. The number of aromatic nitrogens is 1. The van der Waals surface area contributed by atoms with Crippen LogP contribution in [0.1, 0.15) is 16.8 Å². The van der Waals surface area contributed by atoms with Crippen LogP contribution in [0.3, 0.4) is 0 Å². The lowest BCUT2D eigenvalue weighted by Crippen LogP contribution is -2.42. The van der Waals surface area contributed by atoms with Crippen LogP contribution in [0.2, 0.25) is 0 Å². The number of aromatic amines is 1. The Labute approximate surface area is 115 Å². The molecule has 19 heavy (non-hydrogen) atoms. The minimum Gasteiger partial charge on any atom is -0.387 e. The normalized spacial score (nSPS) is 22.8. The van der Waals surface area contributed by atoms with Crippen molar-refractivity contribution in [3.8, 4) is 0 Å². The van der Waals surface area contributed by atoms with Gasteiger partial charge in [0.15, 0.2) is 0 Å². The maximum absolute atomic E-state index is 12.2. The van der Waals surface area contributed by atoms with Gasteiger partial charge in [0.2, 0.25) is 0 Å². The van der Waals surface area contributed by atoms with Crippen LogP contribution in [-0.2, 0) is 0 Å². The van der Waals surface area contributed by atoms with Gasteiger partial charge in [0.1, 0.15) is 0 Å². The Morgan fingerprint density at radius 1 is 1.47 bits per heavy atom. The highest BCUT2D eigenvalue weighted by molar-refractivity contribution is 7.99. The van der Waals surface area contributed by atoms with Gasteiger partial charge in [-0.3, -0.25) is 4.79 Å². The van der Waals surface area contributed by atoms with Crippen molar-refractivity contribution in [3.63, 3.8) is 0 Å². The smallest absolute Gasteiger partial charge is 0.252 e. The van der Waals surface area contributed by atoms with E-state index in [0.29, 0.717) is 17.9 Å². The fourth-order valence-corrected chi connectivity index (χ4v) is 3.65. The van der Waals surface area contributed by atoms with Gasteiger partial charge >= 0.3 is 0 Å². The van der Waals surface area contributed by atoms with E-state index in [4.69, 9.17) is 0 Å². The third-order valence-corrected chi connectivity index (χ3v) is 4.73. The molecule has 0 radical (unpaired) electrons. The first kappa shape index (κ1) is 12.6. The third-order valence-electron chi connectivity index (χ3n) is 3.50. The molecule has 3 rings (SSSR count). The zero-order valence-electron chi connectivity index (χ0n) is 10.5. The lowest BCUT2D eigenvalue weighted by atomic mass is 10.0. The summed E-state index contributed by atoms with van der Waals surface area (Å²) in [5, 5.41) is 14.0. The summed E-state index contributed by atoms with van der Waals surface area (Å²) in [5.41, 5.74) is 0.850. The number of thioether (sulfide) groups is 1. The molecule has 0 bridgehead atoms. The molecule has 1 amide bonds. The van der Waals surface area contributed by atoms with E-state index >= 15 is 0 Å². The minimum atomic E-state index is -0.744. The highest BCUT2D eigenvalue weighted by Crippen LogP contribution is 2.27. The molecular formula is C14H16N2O2S. The number of carbonyl (C=O) groups excluding carboxylic acids is 1. The second-order valence-corrected chi connectivity index (χ2v) is 6.06. The first-order valence-corrected chi connectivity index (χ1v) is 7.48. The van der Waals surface area contributed by atoms with E-state index in [2.05, 4.69) is 10.3 Å². The first-order chi connectivity index (χ1) is 9.18. The van der Waals surface area contributed by atoms with E-state index < -0.39 is 5.60 Å². The molecule has 2 heterocycles. The summed E-state index contributed by atoms with van der Waals surface area (Å²) < 4.78 is 0. The highest BCUT2D eigenvalue weighted by atomic mass is 32.2. The molecule has 0 spiro atoms. The average molecular weight is 276 g/mol. The molecule has 1 unspecified atom stereocenters. The molecule has 5 heteroatoms. The van der Waals surface area contributed by atoms with E-state index in [1.807, 2.05) is 24.4 Å². The molecule has 0 saturated carbocycles. The number of hydrogen-bond acceptors (Lipinski definition) is 3. The summed E-state index contributed by atoms with van der Waals surface area (Å²) in [4.78, 5) is 15.3. The molecule has 0 aliphatic carbocycles. The Morgan fingerprint density at radius 3 is 3.16 bits per heavy atom. The molecule has 2 aromatic rings. The average Bonchev–Trinajstić information content (AvgIpc) is 3.04. The second-order valence-electron chi connectivity index (χ2n) is 4.95. The largest absolute Gasteiger partial charge is 0.387 e. The Kier molecular flexibility index (Phi) is 3.24. The number of rotatable bonds is 3. The van der Waals surface area contributed by atoms with Crippen molar-refractivity contribution >= 4 is 28.6 Å². The maximum Gasteiger partial charge on any atom is 0.252 e. The van der Waals surface area contributed by atoms with Crippen molar-refractivity contribution < 1.29 is 9.90 Å². The molecule has 1 fully saturated rings. The lowest BCUT2D eigenvalue weighted by molar-refractivity contribution is 0.0613. The molecular weight excluding hydrogens is 260 g/mol. The SMILES string of the molecule is O=C(NCC1(O)CCSC1)c1cccc2[nH]ccc12. The number of nitrogens with one attached hydrogen (secondary N) is 2. The van der Waals surface area contributed by atoms with Gasteiger partial charge in [-0.05, 0) is 30.4 Å². The predicted molar refractivity (Wildman–Crippen MR) is 77.5 cm³/mol.